The first-order valence-corrected chi connectivity index (χ1v) is 4.45. The Bertz CT molecular complexity index is 202. The predicted octanol–water partition coefficient (Wildman–Crippen LogP) is 2.02. The van der Waals surface area contributed by atoms with E-state index in [0.717, 1.165) is 9.70 Å². The van der Waals surface area contributed by atoms with Crippen molar-refractivity contribution in [2.75, 3.05) is 0 Å². The SMILES string of the molecule is Clc1cccc[n+]1CI. The zero-order chi connectivity index (χ0) is 6.69. The molecule has 48 valence electrons. The highest BCUT2D eigenvalue weighted by Gasteiger charge is 2.00. The second-order valence-corrected chi connectivity index (χ2v) is 2.68. The molecular formula is C6H6ClIN+. The highest BCUT2D eigenvalue weighted by molar-refractivity contribution is 14.1. The van der Waals surface area contributed by atoms with Crippen LogP contribution < -0.4 is 4.57 Å². The van der Waals surface area contributed by atoms with Crippen LogP contribution in [-0.2, 0) is 4.55 Å². The molecule has 0 aromatic carbocycles. The molecule has 1 nitrogen and oxygen atoms in total. The Balaban J connectivity index is 3.01. The van der Waals surface area contributed by atoms with Crippen molar-refractivity contribution in [2.45, 2.75) is 4.55 Å². The molecule has 1 aromatic heterocycles. The van der Waals surface area contributed by atoms with E-state index < -0.39 is 0 Å². The summed E-state index contributed by atoms with van der Waals surface area (Å²) in [6.07, 6.45) is 1.95. The molecule has 0 spiro atoms. The van der Waals surface area contributed by atoms with Gasteiger partial charge >= 0.3 is 0 Å². The van der Waals surface area contributed by atoms with Crippen LogP contribution in [-0.4, -0.2) is 0 Å². The van der Waals surface area contributed by atoms with E-state index in [0.29, 0.717) is 0 Å². The fourth-order valence-corrected chi connectivity index (χ4v) is 1.54. The summed E-state index contributed by atoms with van der Waals surface area (Å²) in [6, 6.07) is 5.76. The van der Waals surface area contributed by atoms with E-state index in [-0.39, 0.29) is 0 Å². The molecule has 0 aliphatic heterocycles. The summed E-state index contributed by atoms with van der Waals surface area (Å²) in [4.78, 5) is 0. The van der Waals surface area contributed by atoms with E-state index >= 15 is 0 Å². The van der Waals surface area contributed by atoms with Gasteiger partial charge in [0.25, 0.3) is 5.15 Å². The molecule has 0 unspecified atom stereocenters. The minimum absolute atomic E-state index is 0.784. The number of rotatable bonds is 1. The summed E-state index contributed by atoms with van der Waals surface area (Å²) in [5.41, 5.74) is 0. The molecule has 0 saturated heterocycles. The van der Waals surface area contributed by atoms with E-state index in [9.17, 15) is 0 Å². The second kappa shape index (κ2) is 3.37. The summed E-state index contributed by atoms with van der Waals surface area (Å²) in [5.74, 6) is 0. The second-order valence-electron chi connectivity index (χ2n) is 1.61. The Kier molecular flexibility index (Phi) is 2.72. The summed E-state index contributed by atoms with van der Waals surface area (Å²) in [6.45, 7) is 0. The predicted molar refractivity (Wildman–Crippen MR) is 45.7 cm³/mol. The Morgan fingerprint density at radius 1 is 1.56 bits per heavy atom. The standard InChI is InChI=1S/C6H6ClIN/c7-6-3-1-2-4-9(6)5-8/h1-4H,5H2/q+1. The van der Waals surface area contributed by atoms with Crippen molar-refractivity contribution in [3.63, 3.8) is 0 Å². The van der Waals surface area contributed by atoms with Crippen molar-refractivity contribution in [1.29, 1.82) is 0 Å². The zero-order valence-electron chi connectivity index (χ0n) is 4.72. The first-order chi connectivity index (χ1) is 4.34. The topological polar surface area (TPSA) is 3.88 Å². The maximum absolute atomic E-state index is 5.78. The van der Waals surface area contributed by atoms with Gasteiger partial charge in [0, 0.05) is 12.1 Å². The van der Waals surface area contributed by atoms with Crippen LogP contribution in [0.5, 0.6) is 0 Å². The van der Waals surface area contributed by atoms with E-state index in [2.05, 4.69) is 22.6 Å². The van der Waals surface area contributed by atoms with Crippen molar-refractivity contribution in [2.24, 2.45) is 0 Å². The van der Waals surface area contributed by atoms with E-state index in [1.54, 1.807) is 0 Å². The van der Waals surface area contributed by atoms with Gasteiger partial charge in [0.1, 0.15) is 0 Å². The number of pyridine rings is 1. The number of nitrogens with zero attached hydrogens (tertiary/aromatic N) is 1. The average Bonchev–Trinajstić information content (AvgIpc) is 1.89. The van der Waals surface area contributed by atoms with Crippen LogP contribution in [0, 0.1) is 0 Å². The van der Waals surface area contributed by atoms with Crippen molar-refractivity contribution in [3.8, 4) is 0 Å². The molecule has 0 N–H and O–H groups in total. The Hall–Kier alpha value is 0.170. The van der Waals surface area contributed by atoms with E-state index in [1.807, 2.05) is 29.0 Å². The molecule has 0 radical (unpaired) electrons. The largest absolute Gasteiger partial charge is 0.275 e. The third kappa shape index (κ3) is 1.79. The van der Waals surface area contributed by atoms with Crippen molar-refractivity contribution < 1.29 is 4.57 Å². The number of aromatic nitrogens is 1. The van der Waals surface area contributed by atoms with Crippen molar-refractivity contribution in [1.82, 2.24) is 0 Å². The van der Waals surface area contributed by atoms with E-state index in [1.165, 1.54) is 0 Å². The summed E-state index contributed by atoms with van der Waals surface area (Å²) < 4.78 is 2.86. The van der Waals surface area contributed by atoms with Crippen LogP contribution in [0.1, 0.15) is 0 Å². The number of alkyl halides is 1. The third-order valence-corrected chi connectivity index (χ3v) is 2.09. The van der Waals surface area contributed by atoms with Gasteiger partial charge in [-0.05, 0) is 40.3 Å². The quantitative estimate of drug-likeness (QED) is 0.312. The maximum Gasteiger partial charge on any atom is 0.275 e. The number of halogens is 2. The third-order valence-electron chi connectivity index (χ3n) is 1.01. The summed E-state index contributed by atoms with van der Waals surface area (Å²) in [5, 5.41) is 0.784. The van der Waals surface area contributed by atoms with Crippen LogP contribution in [0.4, 0.5) is 0 Å². The maximum atomic E-state index is 5.78. The van der Waals surface area contributed by atoms with Gasteiger partial charge in [-0.15, -0.1) is 0 Å². The molecule has 0 bridgehead atoms. The van der Waals surface area contributed by atoms with Gasteiger partial charge in [0.05, 0.1) is 0 Å². The molecule has 1 rings (SSSR count). The lowest BCUT2D eigenvalue weighted by Gasteiger charge is -1.89. The average molecular weight is 254 g/mol. The molecular weight excluding hydrogens is 248 g/mol. The Labute approximate surface area is 72.8 Å². The lowest BCUT2D eigenvalue weighted by Crippen LogP contribution is -2.30. The Morgan fingerprint density at radius 2 is 2.33 bits per heavy atom. The molecule has 0 fully saturated rings. The zero-order valence-corrected chi connectivity index (χ0v) is 7.63. The van der Waals surface area contributed by atoms with Gasteiger partial charge in [0.2, 0.25) is 0 Å². The van der Waals surface area contributed by atoms with Crippen LogP contribution in [0.25, 0.3) is 0 Å². The highest BCUT2D eigenvalue weighted by atomic mass is 127. The summed E-state index contributed by atoms with van der Waals surface area (Å²) >= 11 is 8.04. The molecule has 1 aromatic rings. The molecule has 0 aliphatic rings. The van der Waals surface area contributed by atoms with Crippen molar-refractivity contribution in [3.05, 3.63) is 29.5 Å². The highest BCUT2D eigenvalue weighted by Crippen LogP contribution is 1.99. The molecule has 0 atom stereocenters. The molecule has 0 aliphatic carbocycles. The molecule has 0 amide bonds. The minimum atomic E-state index is 0.784. The summed E-state index contributed by atoms with van der Waals surface area (Å²) in [7, 11) is 0. The Morgan fingerprint density at radius 3 is 2.78 bits per heavy atom. The number of hydrogen-bond donors (Lipinski definition) is 0. The lowest BCUT2D eigenvalue weighted by molar-refractivity contribution is -0.668. The lowest BCUT2D eigenvalue weighted by atomic mass is 10.5. The van der Waals surface area contributed by atoms with Gasteiger partial charge < -0.3 is 0 Å². The molecule has 9 heavy (non-hydrogen) atoms. The van der Waals surface area contributed by atoms with Gasteiger partial charge in [-0.2, -0.15) is 4.57 Å². The molecule has 0 saturated carbocycles. The van der Waals surface area contributed by atoms with Crippen LogP contribution in [0.15, 0.2) is 24.4 Å². The molecule has 1 heterocycles. The minimum Gasteiger partial charge on any atom is -0.179 e. The fraction of sp³-hybridized carbons (Fsp3) is 0.167. The van der Waals surface area contributed by atoms with Crippen LogP contribution in [0.3, 0.4) is 0 Å². The number of hydrogen-bond acceptors (Lipinski definition) is 0. The van der Waals surface area contributed by atoms with Crippen molar-refractivity contribution >= 4 is 34.2 Å². The first-order valence-electron chi connectivity index (χ1n) is 2.54. The fourth-order valence-electron chi connectivity index (χ4n) is 0.552. The monoisotopic (exact) mass is 254 g/mol. The van der Waals surface area contributed by atoms with Gasteiger partial charge in [-0.25, -0.2) is 0 Å². The van der Waals surface area contributed by atoms with Gasteiger partial charge in [0.15, 0.2) is 10.7 Å². The smallest absolute Gasteiger partial charge is 0.179 e. The van der Waals surface area contributed by atoms with Gasteiger partial charge in [-0.3, -0.25) is 0 Å². The van der Waals surface area contributed by atoms with Crippen LogP contribution in [0.2, 0.25) is 5.15 Å². The van der Waals surface area contributed by atoms with Gasteiger partial charge in [-0.1, -0.05) is 0 Å². The first kappa shape index (κ1) is 7.28. The normalized spacial score (nSPS) is 9.56. The van der Waals surface area contributed by atoms with E-state index in [4.69, 9.17) is 11.6 Å². The van der Waals surface area contributed by atoms with Crippen LogP contribution >= 0.6 is 34.2 Å². The molecule has 3 heteroatoms.